The minimum absolute atomic E-state index is 0.159. The number of benzene rings is 2. The Morgan fingerprint density at radius 3 is 2.23 bits per heavy atom. The molecule has 1 aliphatic heterocycles. The van der Waals surface area contributed by atoms with Crippen LogP contribution in [0.3, 0.4) is 0 Å². The number of nitrogens with zero attached hydrogens (tertiary/aromatic N) is 3. The molecule has 1 amide bonds. The number of nitrogens with one attached hydrogen (secondary N) is 1. The monoisotopic (exact) mass is 434 g/mol. The lowest BCUT2D eigenvalue weighted by molar-refractivity contribution is -0.116. The number of piperazine rings is 1. The van der Waals surface area contributed by atoms with E-state index in [1.54, 1.807) is 12.1 Å². The molecule has 2 aromatic carbocycles. The highest BCUT2D eigenvalue weighted by Gasteiger charge is 2.31. The molecule has 0 spiro atoms. The van der Waals surface area contributed by atoms with E-state index in [0.29, 0.717) is 5.69 Å². The maximum Gasteiger partial charge on any atom is 0.247 e. The number of rotatable bonds is 6. The number of carbonyl (C=O) groups excluding carboxylic acids is 1. The van der Waals surface area contributed by atoms with E-state index < -0.39 is 27.8 Å². The molecule has 0 radical (unpaired) electrons. The first kappa shape index (κ1) is 22.0. The highest BCUT2D eigenvalue weighted by molar-refractivity contribution is 7.92. The van der Waals surface area contributed by atoms with Crippen molar-refractivity contribution < 1.29 is 17.6 Å². The second-order valence-electron chi connectivity index (χ2n) is 7.51. The van der Waals surface area contributed by atoms with Crippen molar-refractivity contribution in [1.82, 2.24) is 4.90 Å². The third-order valence-electron chi connectivity index (χ3n) is 5.18. The molecule has 0 unspecified atom stereocenters. The summed E-state index contributed by atoms with van der Waals surface area (Å²) in [7, 11) is -1.79. The van der Waals surface area contributed by atoms with Crippen LogP contribution in [-0.2, 0) is 14.8 Å². The van der Waals surface area contributed by atoms with Crippen molar-refractivity contribution in [3.63, 3.8) is 0 Å². The maximum absolute atomic E-state index is 14.2. The van der Waals surface area contributed by atoms with Gasteiger partial charge in [0, 0.05) is 37.6 Å². The van der Waals surface area contributed by atoms with Gasteiger partial charge in [-0.1, -0.05) is 12.1 Å². The van der Waals surface area contributed by atoms with Crippen LogP contribution < -0.4 is 14.5 Å². The summed E-state index contributed by atoms with van der Waals surface area (Å²) >= 11 is 0. The zero-order valence-electron chi connectivity index (χ0n) is 17.4. The SMILES string of the molecule is C[C@H](C(=O)Nc1ccc(N2CCN(C)CC2)cc1)N(c1ccccc1F)S(C)(=O)=O. The Morgan fingerprint density at radius 1 is 1.07 bits per heavy atom. The fraction of sp³-hybridized carbons (Fsp3) is 0.381. The van der Waals surface area contributed by atoms with Gasteiger partial charge in [0.1, 0.15) is 11.9 Å². The molecule has 162 valence electrons. The van der Waals surface area contributed by atoms with E-state index >= 15 is 0 Å². The van der Waals surface area contributed by atoms with Gasteiger partial charge in [0.25, 0.3) is 0 Å². The summed E-state index contributed by atoms with van der Waals surface area (Å²) in [6.07, 6.45) is 0.952. The third kappa shape index (κ3) is 5.09. The predicted molar refractivity (Wildman–Crippen MR) is 118 cm³/mol. The summed E-state index contributed by atoms with van der Waals surface area (Å²) in [6.45, 7) is 5.29. The number of likely N-dealkylation sites (N-methyl/N-ethyl adjacent to an activating group) is 1. The van der Waals surface area contributed by atoms with Crippen molar-refractivity contribution in [2.45, 2.75) is 13.0 Å². The molecule has 0 aliphatic carbocycles. The minimum atomic E-state index is -3.88. The van der Waals surface area contributed by atoms with Gasteiger partial charge in [0.15, 0.2) is 0 Å². The molecule has 9 heteroatoms. The van der Waals surface area contributed by atoms with Crippen molar-refractivity contribution in [2.24, 2.45) is 0 Å². The first-order chi connectivity index (χ1) is 14.2. The summed E-state index contributed by atoms with van der Waals surface area (Å²) in [5.41, 5.74) is 1.46. The predicted octanol–water partition coefficient (Wildman–Crippen LogP) is 2.37. The van der Waals surface area contributed by atoms with Crippen LogP contribution in [0.25, 0.3) is 0 Å². The molecule has 1 saturated heterocycles. The first-order valence-electron chi connectivity index (χ1n) is 9.75. The Morgan fingerprint density at radius 2 is 1.67 bits per heavy atom. The molecule has 1 aliphatic rings. The van der Waals surface area contributed by atoms with Gasteiger partial charge < -0.3 is 15.1 Å². The summed E-state index contributed by atoms with van der Waals surface area (Å²) in [6, 6.07) is 11.8. The van der Waals surface area contributed by atoms with Crippen LogP contribution in [0.15, 0.2) is 48.5 Å². The summed E-state index contributed by atoms with van der Waals surface area (Å²) < 4.78 is 39.6. The van der Waals surface area contributed by atoms with Gasteiger partial charge in [-0.3, -0.25) is 9.10 Å². The van der Waals surface area contributed by atoms with Gasteiger partial charge in [-0.25, -0.2) is 12.8 Å². The number of para-hydroxylation sites is 1. The van der Waals surface area contributed by atoms with Crippen molar-refractivity contribution in [1.29, 1.82) is 0 Å². The van der Waals surface area contributed by atoms with Gasteiger partial charge in [-0.15, -0.1) is 0 Å². The fourth-order valence-electron chi connectivity index (χ4n) is 3.48. The van der Waals surface area contributed by atoms with Crippen LogP contribution in [0.4, 0.5) is 21.5 Å². The Hall–Kier alpha value is -2.65. The topological polar surface area (TPSA) is 73.0 Å². The Labute approximate surface area is 177 Å². The third-order valence-corrected chi connectivity index (χ3v) is 6.41. The van der Waals surface area contributed by atoms with Gasteiger partial charge >= 0.3 is 0 Å². The number of anilines is 3. The number of amides is 1. The molecular weight excluding hydrogens is 407 g/mol. The van der Waals surface area contributed by atoms with E-state index in [2.05, 4.69) is 22.2 Å². The average molecular weight is 435 g/mol. The highest BCUT2D eigenvalue weighted by atomic mass is 32.2. The second-order valence-corrected chi connectivity index (χ2v) is 9.37. The van der Waals surface area contributed by atoms with E-state index in [-0.39, 0.29) is 5.69 Å². The fourth-order valence-corrected chi connectivity index (χ4v) is 4.65. The van der Waals surface area contributed by atoms with E-state index in [4.69, 9.17) is 0 Å². The second kappa shape index (κ2) is 9.01. The molecule has 3 rings (SSSR count). The molecule has 7 nitrogen and oxygen atoms in total. The standard InChI is InChI=1S/C21H27FN4O3S/c1-16(26(30(3,28)29)20-7-5-4-6-19(20)22)21(27)23-17-8-10-18(11-9-17)25-14-12-24(2)13-15-25/h4-11,16H,12-15H2,1-3H3,(H,23,27)/t16-/m1/s1. The number of hydrogen-bond acceptors (Lipinski definition) is 5. The highest BCUT2D eigenvalue weighted by Crippen LogP contribution is 2.25. The van der Waals surface area contributed by atoms with Crippen molar-refractivity contribution in [3.8, 4) is 0 Å². The lowest BCUT2D eigenvalue weighted by atomic mass is 10.2. The molecule has 1 fully saturated rings. The van der Waals surface area contributed by atoms with Gasteiger partial charge in [0.05, 0.1) is 11.9 Å². The molecule has 2 aromatic rings. The molecule has 0 saturated carbocycles. The minimum Gasteiger partial charge on any atom is -0.369 e. The van der Waals surface area contributed by atoms with Gasteiger partial charge in [-0.05, 0) is 50.4 Å². The van der Waals surface area contributed by atoms with E-state index in [1.807, 2.05) is 12.1 Å². The zero-order valence-corrected chi connectivity index (χ0v) is 18.2. The molecule has 0 aromatic heterocycles. The summed E-state index contributed by atoms with van der Waals surface area (Å²) in [5.74, 6) is -1.25. The zero-order chi connectivity index (χ0) is 21.9. The van der Waals surface area contributed by atoms with Crippen LogP contribution >= 0.6 is 0 Å². The number of halogens is 1. The quantitative estimate of drug-likeness (QED) is 0.756. The smallest absolute Gasteiger partial charge is 0.247 e. The molecule has 1 N–H and O–H groups in total. The van der Waals surface area contributed by atoms with Crippen LogP contribution in [0.1, 0.15) is 6.92 Å². The largest absolute Gasteiger partial charge is 0.369 e. The van der Waals surface area contributed by atoms with Crippen LogP contribution in [0.5, 0.6) is 0 Å². The van der Waals surface area contributed by atoms with Gasteiger partial charge in [0.2, 0.25) is 15.9 Å². The Bertz CT molecular complexity index is 990. The van der Waals surface area contributed by atoms with Crippen LogP contribution in [0.2, 0.25) is 0 Å². The summed E-state index contributed by atoms with van der Waals surface area (Å²) in [5, 5.41) is 2.73. The van der Waals surface area contributed by atoms with E-state index in [9.17, 15) is 17.6 Å². The molecule has 1 atom stereocenters. The Kier molecular flexibility index (Phi) is 6.62. The normalized spacial score (nSPS) is 16.2. The lowest BCUT2D eigenvalue weighted by Gasteiger charge is -2.34. The van der Waals surface area contributed by atoms with Crippen LogP contribution in [0, 0.1) is 5.82 Å². The maximum atomic E-state index is 14.2. The van der Waals surface area contributed by atoms with Crippen molar-refractivity contribution in [3.05, 3.63) is 54.3 Å². The van der Waals surface area contributed by atoms with Crippen molar-refractivity contribution in [2.75, 3.05) is 54.0 Å². The van der Waals surface area contributed by atoms with E-state index in [1.165, 1.54) is 25.1 Å². The number of carbonyl (C=O) groups is 1. The number of sulfonamides is 1. The van der Waals surface area contributed by atoms with E-state index in [0.717, 1.165) is 48.5 Å². The van der Waals surface area contributed by atoms with Crippen molar-refractivity contribution >= 4 is 33.0 Å². The summed E-state index contributed by atoms with van der Waals surface area (Å²) in [4.78, 5) is 17.3. The first-order valence-corrected chi connectivity index (χ1v) is 11.6. The van der Waals surface area contributed by atoms with Crippen LogP contribution in [-0.4, -0.2) is 64.7 Å². The molecule has 0 bridgehead atoms. The lowest BCUT2D eigenvalue weighted by Crippen LogP contribution is -2.45. The molecule has 1 heterocycles. The number of hydrogen-bond donors (Lipinski definition) is 1. The average Bonchev–Trinajstić information content (AvgIpc) is 2.70. The molecule has 30 heavy (non-hydrogen) atoms. The van der Waals surface area contributed by atoms with Gasteiger partial charge in [-0.2, -0.15) is 0 Å². The molecular formula is C21H27FN4O3S. The Balaban J connectivity index is 1.73.